The number of halogens is 1. The molecule has 1 aliphatic heterocycles. The van der Waals surface area contributed by atoms with Crippen molar-refractivity contribution in [3.05, 3.63) is 83.4 Å². The van der Waals surface area contributed by atoms with Crippen LogP contribution in [0.15, 0.2) is 61.1 Å². The Morgan fingerprint density at radius 3 is 2.48 bits per heavy atom. The van der Waals surface area contributed by atoms with E-state index in [1.165, 1.54) is 35.3 Å². The summed E-state index contributed by atoms with van der Waals surface area (Å²) in [5, 5.41) is 8.95. The van der Waals surface area contributed by atoms with E-state index in [4.69, 9.17) is 5.26 Å². The third-order valence-corrected chi connectivity index (χ3v) is 5.79. The van der Waals surface area contributed by atoms with Crippen molar-refractivity contribution in [3.63, 3.8) is 0 Å². The highest BCUT2D eigenvalue weighted by atomic mass is 35.5. The second-order valence-corrected chi connectivity index (χ2v) is 7.74. The number of benzene rings is 2. The SMILES string of the molecule is Cc1ccccc1N1CCC(Cn2cncc2Cc2ccc(C#N)cc2)CC1.Cl. The number of imidazole rings is 1. The summed E-state index contributed by atoms with van der Waals surface area (Å²) in [7, 11) is 0. The normalized spacial score (nSPS) is 14.3. The first kappa shape index (κ1) is 21.0. The number of rotatable bonds is 5. The third-order valence-electron chi connectivity index (χ3n) is 5.79. The molecule has 1 aliphatic rings. The fourth-order valence-electron chi connectivity index (χ4n) is 4.12. The molecule has 29 heavy (non-hydrogen) atoms. The summed E-state index contributed by atoms with van der Waals surface area (Å²) in [6.07, 6.45) is 7.22. The largest absolute Gasteiger partial charge is 0.371 e. The lowest BCUT2D eigenvalue weighted by Crippen LogP contribution is -2.35. The summed E-state index contributed by atoms with van der Waals surface area (Å²) in [5.41, 5.74) is 5.91. The predicted molar refractivity (Wildman–Crippen MR) is 120 cm³/mol. The molecule has 0 spiro atoms. The highest BCUT2D eigenvalue weighted by Crippen LogP contribution is 2.27. The van der Waals surface area contributed by atoms with Gasteiger partial charge in [-0.05, 0) is 55.0 Å². The first-order chi connectivity index (χ1) is 13.7. The van der Waals surface area contributed by atoms with Crippen LogP contribution in [0.1, 0.15) is 35.2 Å². The molecule has 4 nitrogen and oxygen atoms in total. The molecule has 0 aliphatic carbocycles. The van der Waals surface area contributed by atoms with Crippen LogP contribution in [0.3, 0.4) is 0 Å². The summed E-state index contributed by atoms with van der Waals surface area (Å²) in [5.74, 6) is 0.689. The molecule has 0 bridgehead atoms. The van der Waals surface area contributed by atoms with Gasteiger partial charge in [0.05, 0.1) is 18.0 Å². The number of aromatic nitrogens is 2. The van der Waals surface area contributed by atoms with Crippen LogP contribution in [0.4, 0.5) is 5.69 Å². The maximum absolute atomic E-state index is 8.95. The second kappa shape index (κ2) is 9.62. The van der Waals surface area contributed by atoms with E-state index in [2.05, 4.69) is 51.7 Å². The Morgan fingerprint density at radius 1 is 1.07 bits per heavy atom. The maximum Gasteiger partial charge on any atom is 0.0991 e. The van der Waals surface area contributed by atoms with Crippen LogP contribution in [-0.2, 0) is 13.0 Å². The van der Waals surface area contributed by atoms with E-state index in [1.807, 2.05) is 36.8 Å². The average molecular weight is 407 g/mol. The summed E-state index contributed by atoms with van der Waals surface area (Å²) in [6.45, 7) is 5.47. The number of piperidine rings is 1. The Hall–Kier alpha value is -2.77. The lowest BCUT2D eigenvalue weighted by Gasteiger charge is -2.34. The van der Waals surface area contributed by atoms with Crippen molar-refractivity contribution in [2.24, 2.45) is 5.92 Å². The van der Waals surface area contributed by atoms with Crippen molar-refractivity contribution < 1.29 is 0 Å². The Labute approximate surface area is 179 Å². The van der Waals surface area contributed by atoms with E-state index in [0.29, 0.717) is 11.5 Å². The van der Waals surface area contributed by atoms with E-state index < -0.39 is 0 Å². The van der Waals surface area contributed by atoms with Crippen molar-refractivity contribution in [3.8, 4) is 6.07 Å². The van der Waals surface area contributed by atoms with Crippen molar-refractivity contribution >= 4 is 18.1 Å². The topological polar surface area (TPSA) is 44.9 Å². The van der Waals surface area contributed by atoms with Crippen LogP contribution in [0.5, 0.6) is 0 Å². The van der Waals surface area contributed by atoms with E-state index >= 15 is 0 Å². The molecule has 150 valence electrons. The number of nitrogens with zero attached hydrogens (tertiary/aromatic N) is 4. The monoisotopic (exact) mass is 406 g/mol. The molecule has 3 aromatic rings. The highest BCUT2D eigenvalue weighted by molar-refractivity contribution is 5.85. The lowest BCUT2D eigenvalue weighted by atomic mass is 9.95. The minimum Gasteiger partial charge on any atom is -0.371 e. The van der Waals surface area contributed by atoms with Gasteiger partial charge in [-0.3, -0.25) is 0 Å². The van der Waals surface area contributed by atoms with Crippen molar-refractivity contribution in [1.82, 2.24) is 9.55 Å². The molecule has 4 rings (SSSR count). The Morgan fingerprint density at radius 2 is 1.79 bits per heavy atom. The summed E-state index contributed by atoms with van der Waals surface area (Å²) < 4.78 is 2.31. The zero-order chi connectivity index (χ0) is 19.3. The molecule has 0 radical (unpaired) electrons. The van der Waals surface area contributed by atoms with Crippen LogP contribution in [0.25, 0.3) is 0 Å². The minimum atomic E-state index is 0. The number of para-hydroxylation sites is 1. The van der Waals surface area contributed by atoms with Crippen molar-refractivity contribution in [2.45, 2.75) is 32.7 Å². The van der Waals surface area contributed by atoms with Crippen molar-refractivity contribution in [1.29, 1.82) is 5.26 Å². The molecule has 0 atom stereocenters. The molecular formula is C24H27ClN4. The molecule has 2 heterocycles. The number of aryl methyl sites for hydroxylation is 1. The second-order valence-electron chi connectivity index (χ2n) is 7.74. The van der Waals surface area contributed by atoms with Gasteiger partial charge in [0, 0.05) is 43.6 Å². The highest BCUT2D eigenvalue weighted by Gasteiger charge is 2.21. The molecule has 1 aromatic heterocycles. The number of hydrogen-bond donors (Lipinski definition) is 0. The van der Waals surface area contributed by atoms with E-state index in [1.54, 1.807) is 0 Å². The Balaban J connectivity index is 0.00000240. The molecule has 0 unspecified atom stereocenters. The van der Waals surface area contributed by atoms with Gasteiger partial charge in [0.1, 0.15) is 0 Å². The number of anilines is 1. The van der Waals surface area contributed by atoms with Crippen LogP contribution in [0.2, 0.25) is 0 Å². The zero-order valence-corrected chi connectivity index (χ0v) is 17.6. The quantitative estimate of drug-likeness (QED) is 0.599. The predicted octanol–water partition coefficient (Wildman–Crippen LogP) is 4.99. The molecule has 0 N–H and O–H groups in total. The molecule has 2 aromatic carbocycles. The van der Waals surface area contributed by atoms with Crippen molar-refractivity contribution in [2.75, 3.05) is 18.0 Å². The Bertz CT molecular complexity index is 963. The Kier molecular flexibility index (Phi) is 6.95. The van der Waals surface area contributed by atoms with E-state index in [0.717, 1.165) is 26.1 Å². The van der Waals surface area contributed by atoms with Gasteiger partial charge in [-0.1, -0.05) is 30.3 Å². The third kappa shape index (κ3) is 4.99. The number of hydrogen-bond acceptors (Lipinski definition) is 3. The zero-order valence-electron chi connectivity index (χ0n) is 16.8. The summed E-state index contributed by atoms with van der Waals surface area (Å²) in [4.78, 5) is 6.92. The van der Waals surface area contributed by atoms with Gasteiger partial charge in [0.15, 0.2) is 0 Å². The van der Waals surface area contributed by atoms with Gasteiger partial charge in [0.2, 0.25) is 0 Å². The summed E-state index contributed by atoms with van der Waals surface area (Å²) >= 11 is 0. The minimum absolute atomic E-state index is 0. The van der Waals surface area contributed by atoms with Crippen LogP contribution in [-0.4, -0.2) is 22.6 Å². The molecular weight excluding hydrogens is 380 g/mol. The van der Waals surface area contributed by atoms with Crippen LogP contribution in [0, 0.1) is 24.2 Å². The number of nitriles is 1. The molecule has 1 fully saturated rings. The summed E-state index contributed by atoms with van der Waals surface area (Å²) in [6, 6.07) is 18.7. The van der Waals surface area contributed by atoms with Crippen LogP contribution < -0.4 is 4.90 Å². The fraction of sp³-hybridized carbons (Fsp3) is 0.333. The van der Waals surface area contributed by atoms with E-state index in [9.17, 15) is 0 Å². The average Bonchev–Trinajstić information content (AvgIpc) is 3.16. The maximum atomic E-state index is 8.95. The molecule has 5 heteroatoms. The molecule has 0 amide bonds. The first-order valence-corrected chi connectivity index (χ1v) is 10.0. The lowest BCUT2D eigenvalue weighted by molar-refractivity contribution is 0.353. The molecule has 0 saturated carbocycles. The van der Waals surface area contributed by atoms with Gasteiger partial charge in [0.25, 0.3) is 0 Å². The molecule has 1 saturated heterocycles. The first-order valence-electron chi connectivity index (χ1n) is 10.0. The standard InChI is InChI=1S/C24H26N4.ClH/c1-19-4-2-3-5-24(19)27-12-10-22(11-13-27)17-28-18-26-16-23(28)14-20-6-8-21(15-25)9-7-20;/h2-9,16,18,22H,10-14,17H2,1H3;1H. The fourth-order valence-corrected chi connectivity index (χ4v) is 4.12. The smallest absolute Gasteiger partial charge is 0.0991 e. The van der Waals surface area contributed by atoms with Gasteiger partial charge in [-0.2, -0.15) is 5.26 Å². The van der Waals surface area contributed by atoms with Gasteiger partial charge >= 0.3 is 0 Å². The van der Waals surface area contributed by atoms with Gasteiger partial charge in [-0.25, -0.2) is 4.98 Å². The van der Waals surface area contributed by atoms with E-state index in [-0.39, 0.29) is 12.4 Å². The van der Waals surface area contributed by atoms with Gasteiger partial charge < -0.3 is 9.47 Å². The van der Waals surface area contributed by atoms with Gasteiger partial charge in [-0.15, -0.1) is 12.4 Å². The van der Waals surface area contributed by atoms with Crippen LogP contribution >= 0.6 is 12.4 Å².